The summed E-state index contributed by atoms with van der Waals surface area (Å²) in [7, 11) is 1.60. The van der Waals surface area contributed by atoms with Gasteiger partial charge in [-0.15, -0.1) is 0 Å². The van der Waals surface area contributed by atoms with E-state index in [0.717, 1.165) is 10.2 Å². The summed E-state index contributed by atoms with van der Waals surface area (Å²) in [5.74, 6) is -0.994. The van der Waals surface area contributed by atoms with Gasteiger partial charge in [0.05, 0.1) is 5.69 Å². The fraction of sp³-hybridized carbons (Fsp3) is 0.100. The largest absolute Gasteiger partial charge is 0.477 e. The molecule has 0 aromatic carbocycles. The van der Waals surface area contributed by atoms with Gasteiger partial charge in [-0.2, -0.15) is 5.10 Å². The summed E-state index contributed by atoms with van der Waals surface area (Å²) < 4.78 is 2.06. The number of rotatable bonds is 2. The Kier molecular flexibility index (Phi) is 2.74. The predicted octanol–water partition coefficient (Wildman–Crippen LogP) is 1.94. The van der Waals surface area contributed by atoms with E-state index in [1.807, 2.05) is 6.07 Å². The lowest BCUT2D eigenvalue weighted by atomic mass is 10.2. The zero-order valence-corrected chi connectivity index (χ0v) is 9.97. The molecule has 0 aliphatic heterocycles. The minimum atomic E-state index is -0.994. The number of hydrogen-bond acceptors (Lipinski definition) is 3. The molecular formula is C10H8BrN3O2. The van der Waals surface area contributed by atoms with Crippen LogP contribution in [0.3, 0.4) is 0 Å². The van der Waals surface area contributed by atoms with Crippen molar-refractivity contribution in [1.82, 2.24) is 14.8 Å². The smallest absolute Gasteiger partial charge is 0.354 e. The maximum absolute atomic E-state index is 10.8. The molecule has 0 fully saturated rings. The maximum Gasteiger partial charge on any atom is 0.354 e. The first-order valence-electron chi connectivity index (χ1n) is 4.47. The molecule has 0 radical (unpaired) electrons. The number of aromatic nitrogens is 3. The van der Waals surface area contributed by atoms with Crippen molar-refractivity contribution in [2.45, 2.75) is 0 Å². The molecule has 1 N–H and O–H groups in total. The molecule has 0 aliphatic rings. The molecule has 16 heavy (non-hydrogen) atoms. The Morgan fingerprint density at radius 1 is 1.50 bits per heavy atom. The molecule has 2 aromatic rings. The van der Waals surface area contributed by atoms with Crippen LogP contribution >= 0.6 is 15.9 Å². The molecule has 0 amide bonds. The average Bonchev–Trinajstić information content (AvgIpc) is 2.61. The third-order valence-corrected chi connectivity index (χ3v) is 2.59. The Bertz CT molecular complexity index is 533. The molecule has 2 rings (SSSR count). The minimum absolute atomic E-state index is 0.151. The van der Waals surface area contributed by atoms with Crippen LogP contribution in [0.4, 0.5) is 0 Å². The Morgan fingerprint density at radius 3 is 2.75 bits per heavy atom. The molecule has 5 nitrogen and oxygen atoms in total. The number of nitrogens with zero attached hydrogens (tertiary/aromatic N) is 3. The van der Waals surface area contributed by atoms with E-state index in [2.05, 4.69) is 26.0 Å². The zero-order valence-electron chi connectivity index (χ0n) is 8.38. The van der Waals surface area contributed by atoms with Crippen LogP contribution in [0.25, 0.3) is 11.3 Å². The number of carboxylic acids is 1. The molecule has 6 heteroatoms. The number of aryl methyl sites for hydroxylation is 1. The molecule has 82 valence electrons. The standard InChI is InChI=1S/C10H8BrN3O2/c1-14-8(10(15)16)4-7(13-14)6-2-3-9(11)12-5-6/h2-5H,1H3,(H,15,16). The maximum atomic E-state index is 10.8. The number of pyridine rings is 1. The Morgan fingerprint density at radius 2 is 2.25 bits per heavy atom. The fourth-order valence-electron chi connectivity index (χ4n) is 1.34. The molecule has 2 aromatic heterocycles. The lowest BCUT2D eigenvalue weighted by molar-refractivity contribution is 0.0685. The van der Waals surface area contributed by atoms with E-state index >= 15 is 0 Å². The van der Waals surface area contributed by atoms with Gasteiger partial charge in [0.25, 0.3) is 0 Å². The van der Waals surface area contributed by atoms with Crippen LogP contribution in [0.15, 0.2) is 29.0 Å². The van der Waals surface area contributed by atoms with E-state index in [4.69, 9.17) is 5.11 Å². The van der Waals surface area contributed by atoms with Gasteiger partial charge in [0.1, 0.15) is 10.3 Å². The van der Waals surface area contributed by atoms with Gasteiger partial charge < -0.3 is 5.11 Å². The van der Waals surface area contributed by atoms with Gasteiger partial charge in [-0.05, 0) is 34.1 Å². The monoisotopic (exact) mass is 281 g/mol. The van der Waals surface area contributed by atoms with Crippen LogP contribution in [0, 0.1) is 0 Å². The second kappa shape index (κ2) is 4.05. The third-order valence-electron chi connectivity index (χ3n) is 2.12. The van der Waals surface area contributed by atoms with Crippen LogP contribution in [0.2, 0.25) is 0 Å². The summed E-state index contributed by atoms with van der Waals surface area (Å²) >= 11 is 3.23. The van der Waals surface area contributed by atoms with E-state index in [1.165, 1.54) is 10.7 Å². The van der Waals surface area contributed by atoms with Crippen LogP contribution < -0.4 is 0 Å². The zero-order chi connectivity index (χ0) is 11.7. The van der Waals surface area contributed by atoms with Gasteiger partial charge in [-0.1, -0.05) is 0 Å². The first kappa shape index (κ1) is 10.8. The number of hydrogen-bond donors (Lipinski definition) is 1. The highest BCUT2D eigenvalue weighted by Gasteiger charge is 2.12. The molecule has 0 spiro atoms. The number of carboxylic acid groups (broad SMARTS) is 1. The van der Waals surface area contributed by atoms with Gasteiger partial charge in [-0.25, -0.2) is 9.78 Å². The molecule has 0 aliphatic carbocycles. The molecular weight excluding hydrogens is 274 g/mol. The SMILES string of the molecule is Cn1nc(-c2ccc(Br)nc2)cc1C(=O)O. The van der Waals surface area contributed by atoms with Crippen molar-refractivity contribution in [1.29, 1.82) is 0 Å². The minimum Gasteiger partial charge on any atom is -0.477 e. The Hall–Kier alpha value is -1.69. The van der Waals surface area contributed by atoms with Gasteiger partial charge in [-0.3, -0.25) is 4.68 Å². The van der Waals surface area contributed by atoms with Gasteiger partial charge in [0, 0.05) is 18.8 Å². The number of carbonyl (C=O) groups is 1. The van der Waals surface area contributed by atoms with Gasteiger partial charge >= 0.3 is 5.97 Å². The highest BCUT2D eigenvalue weighted by molar-refractivity contribution is 9.10. The van der Waals surface area contributed by atoms with Crippen molar-refractivity contribution in [2.24, 2.45) is 7.05 Å². The fourth-order valence-corrected chi connectivity index (χ4v) is 1.57. The van der Waals surface area contributed by atoms with E-state index < -0.39 is 5.97 Å². The highest BCUT2D eigenvalue weighted by Crippen LogP contribution is 2.19. The van der Waals surface area contributed by atoms with Crippen molar-refractivity contribution in [3.05, 3.63) is 34.7 Å². The van der Waals surface area contributed by atoms with Crippen LogP contribution in [-0.4, -0.2) is 25.8 Å². The normalized spacial score (nSPS) is 10.4. The van der Waals surface area contributed by atoms with Gasteiger partial charge in [0.15, 0.2) is 0 Å². The van der Waals surface area contributed by atoms with Crippen molar-refractivity contribution >= 4 is 21.9 Å². The summed E-state index contributed by atoms with van der Waals surface area (Å²) in [4.78, 5) is 14.9. The highest BCUT2D eigenvalue weighted by atomic mass is 79.9. The molecule has 0 saturated heterocycles. The van der Waals surface area contributed by atoms with E-state index in [9.17, 15) is 4.79 Å². The molecule has 0 bridgehead atoms. The van der Waals surface area contributed by atoms with Crippen LogP contribution in [-0.2, 0) is 7.05 Å². The topological polar surface area (TPSA) is 68.0 Å². The molecule has 0 saturated carbocycles. The Balaban J connectivity index is 2.45. The second-order valence-electron chi connectivity index (χ2n) is 3.21. The molecule has 0 unspecified atom stereocenters. The summed E-state index contributed by atoms with van der Waals surface area (Å²) in [6.07, 6.45) is 1.64. The molecule has 0 atom stereocenters. The van der Waals surface area contributed by atoms with Crippen molar-refractivity contribution < 1.29 is 9.90 Å². The lowest BCUT2D eigenvalue weighted by Crippen LogP contribution is -2.04. The van der Waals surface area contributed by atoms with Crippen LogP contribution in [0.1, 0.15) is 10.5 Å². The Labute approximate surface area is 99.9 Å². The number of halogens is 1. The lowest BCUT2D eigenvalue weighted by Gasteiger charge is -1.95. The molecule has 2 heterocycles. The van der Waals surface area contributed by atoms with E-state index in [0.29, 0.717) is 5.69 Å². The summed E-state index contributed by atoms with van der Waals surface area (Å²) in [6.45, 7) is 0. The summed E-state index contributed by atoms with van der Waals surface area (Å²) in [5.41, 5.74) is 1.53. The quantitative estimate of drug-likeness (QED) is 0.855. The van der Waals surface area contributed by atoms with Gasteiger partial charge in [0.2, 0.25) is 0 Å². The van der Waals surface area contributed by atoms with E-state index in [1.54, 1.807) is 19.3 Å². The predicted molar refractivity (Wildman–Crippen MR) is 61.1 cm³/mol. The van der Waals surface area contributed by atoms with Crippen molar-refractivity contribution in [3.63, 3.8) is 0 Å². The average molecular weight is 282 g/mol. The number of aromatic carboxylic acids is 1. The first-order valence-corrected chi connectivity index (χ1v) is 5.26. The second-order valence-corrected chi connectivity index (χ2v) is 4.03. The van der Waals surface area contributed by atoms with Crippen molar-refractivity contribution in [2.75, 3.05) is 0 Å². The first-order chi connectivity index (χ1) is 7.58. The summed E-state index contributed by atoms with van der Waals surface area (Å²) in [6, 6.07) is 5.13. The van der Waals surface area contributed by atoms with Crippen LogP contribution in [0.5, 0.6) is 0 Å². The van der Waals surface area contributed by atoms with E-state index in [-0.39, 0.29) is 5.69 Å². The summed E-state index contributed by atoms with van der Waals surface area (Å²) in [5, 5.41) is 13.0. The third kappa shape index (κ3) is 1.96. The van der Waals surface area contributed by atoms with Crippen molar-refractivity contribution in [3.8, 4) is 11.3 Å².